The maximum Gasteiger partial charge on any atom is 0.152 e. The molecule has 0 atom stereocenters. The summed E-state index contributed by atoms with van der Waals surface area (Å²) in [5.74, 6) is 0.534. The molecule has 0 spiro atoms. The minimum atomic E-state index is -2.80. The van der Waals surface area contributed by atoms with Crippen molar-refractivity contribution in [2.45, 2.75) is 13.1 Å². The molecule has 2 heterocycles. The number of rotatable bonds is 4. The third-order valence-electron chi connectivity index (χ3n) is 3.04. The van der Waals surface area contributed by atoms with Crippen molar-refractivity contribution in [1.82, 2.24) is 15.2 Å². The van der Waals surface area contributed by atoms with Crippen molar-refractivity contribution in [3.8, 4) is 0 Å². The molecule has 0 aromatic carbocycles. The van der Waals surface area contributed by atoms with Crippen LogP contribution >= 0.6 is 0 Å². The van der Waals surface area contributed by atoms with Gasteiger partial charge in [0.1, 0.15) is 0 Å². The van der Waals surface area contributed by atoms with Crippen LogP contribution in [0.5, 0.6) is 0 Å². The van der Waals surface area contributed by atoms with Crippen LogP contribution in [0.1, 0.15) is 11.4 Å². The Hall–Kier alpha value is -0.980. The number of hydrogen-bond acceptors (Lipinski definition) is 5. The third kappa shape index (κ3) is 3.76. The van der Waals surface area contributed by atoms with E-state index in [0.717, 1.165) is 24.5 Å². The Labute approximate surface area is 108 Å². The summed E-state index contributed by atoms with van der Waals surface area (Å²) in [6.45, 7) is 2.70. The molecule has 1 aliphatic rings. The fourth-order valence-corrected chi connectivity index (χ4v) is 3.31. The second-order valence-electron chi connectivity index (χ2n) is 4.58. The monoisotopic (exact) mass is 269 g/mol. The number of nitrogens with one attached hydrogen (secondary N) is 1. The molecule has 0 bridgehead atoms. The molecule has 1 N–H and O–H groups in total. The van der Waals surface area contributed by atoms with Gasteiger partial charge in [-0.1, -0.05) is 6.07 Å². The van der Waals surface area contributed by atoms with Crippen LogP contribution in [0.25, 0.3) is 0 Å². The van der Waals surface area contributed by atoms with Gasteiger partial charge >= 0.3 is 0 Å². The van der Waals surface area contributed by atoms with Gasteiger partial charge in [0.2, 0.25) is 0 Å². The predicted molar refractivity (Wildman–Crippen MR) is 70.9 cm³/mol. The van der Waals surface area contributed by atoms with Gasteiger partial charge < -0.3 is 5.32 Å². The third-order valence-corrected chi connectivity index (χ3v) is 4.65. The number of sulfone groups is 1. The van der Waals surface area contributed by atoms with E-state index in [0.29, 0.717) is 13.1 Å². The summed E-state index contributed by atoms with van der Waals surface area (Å²) in [6.07, 6.45) is 0. The minimum Gasteiger partial charge on any atom is -0.314 e. The van der Waals surface area contributed by atoms with E-state index in [1.165, 1.54) is 0 Å². The van der Waals surface area contributed by atoms with Gasteiger partial charge in [-0.05, 0) is 19.2 Å². The molecular weight excluding hydrogens is 250 g/mol. The van der Waals surface area contributed by atoms with Crippen molar-refractivity contribution in [2.24, 2.45) is 0 Å². The predicted octanol–water partition coefficient (Wildman–Crippen LogP) is 0.0314. The van der Waals surface area contributed by atoms with Crippen LogP contribution in [-0.4, -0.2) is 49.9 Å². The molecule has 2 rings (SSSR count). The summed E-state index contributed by atoms with van der Waals surface area (Å²) in [5, 5.41) is 3.07. The normalized spacial score (nSPS) is 19.8. The van der Waals surface area contributed by atoms with E-state index in [1.54, 1.807) is 0 Å². The van der Waals surface area contributed by atoms with Crippen molar-refractivity contribution in [3.63, 3.8) is 0 Å². The van der Waals surface area contributed by atoms with Crippen LogP contribution < -0.4 is 5.32 Å². The Morgan fingerprint density at radius 3 is 2.61 bits per heavy atom. The molecule has 1 aromatic heterocycles. The molecule has 1 saturated heterocycles. The Kier molecular flexibility index (Phi) is 4.31. The zero-order chi connectivity index (χ0) is 13.0. The quantitative estimate of drug-likeness (QED) is 0.835. The molecule has 100 valence electrons. The van der Waals surface area contributed by atoms with Crippen LogP contribution in [0.15, 0.2) is 18.2 Å². The van der Waals surface area contributed by atoms with Crippen molar-refractivity contribution < 1.29 is 8.42 Å². The standard InChI is InChI=1S/C12H19N3O2S/c1-13-9-11-3-2-4-12(14-11)10-15-5-7-18(16,17)8-6-15/h2-4,13H,5-10H2,1H3. The SMILES string of the molecule is CNCc1cccc(CN2CCS(=O)(=O)CC2)n1. The Morgan fingerprint density at radius 1 is 1.28 bits per heavy atom. The number of aromatic nitrogens is 1. The molecule has 0 radical (unpaired) electrons. The van der Waals surface area contributed by atoms with Gasteiger partial charge in [0, 0.05) is 26.2 Å². The fraction of sp³-hybridized carbons (Fsp3) is 0.583. The van der Waals surface area contributed by atoms with Gasteiger partial charge in [-0.25, -0.2) is 8.42 Å². The number of pyridine rings is 1. The molecule has 6 heteroatoms. The van der Waals surface area contributed by atoms with E-state index in [-0.39, 0.29) is 11.5 Å². The van der Waals surface area contributed by atoms with E-state index >= 15 is 0 Å². The van der Waals surface area contributed by atoms with Gasteiger partial charge in [-0.2, -0.15) is 0 Å². The summed E-state index contributed by atoms with van der Waals surface area (Å²) in [5.41, 5.74) is 2.02. The smallest absolute Gasteiger partial charge is 0.152 e. The molecule has 1 aromatic rings. The highest BCUT2D eigenvalue weighted by Crippen LogP contribution is 2.08. The van der Waals surface area contributed by atoms with Crippen molar-refractivity contribution >= 4 is 9.84 Å². The molecule has 0 amide bonds. The highest BCUT2D eigenvalue weighted by Gasteiger charge is 2.21. The molecule has 0 aliphatic carbocycles. The number of nitrogens with zero attached hydrogens (tertiary/aromatic N) is 2. The highest BCUT2D eigenvalue weighted by molar-refractivity contribution is 7.91. The number of hydrogen-bond donors (Lipinski definition) is 1. The Bertz CT molecular complexity index is 488. The van der Waals surface area contributed by atoms with E-state index in [4.69, 9.17) is 0 Å². The second-order valence-corrected chi connectivity index (χ2v) is 6.88. The van der Waals surface area contributed by atoms with E-state index in [9.17, 15) is 8.42 Å². The molecule has 1 fully saturated rings. The summed E-state index contributed by atoms with van der Waals surface area (Å²) in [6, 6.07) is 5.97. The van der Waals surface area contributed by atoms with Gasteiger partial charge in [-0.15, -0.1) is 0 Å². The molecular formula is C12H19N3O2S. The topological polar surface area (TPSA) is 62.3 Å². The average Bonchev–Trinajstić information content (AvgIpc) is 2.33. The summed E-state index contributed by atoms with van der Waals surface area (Å²) in [7, 11) is -0.904. The Balaban J connectivity index is 1.95. The van der Waals surface area contributed by atoms with Crippen LogP contribution in [0, 0.1) is 0 Å². The largest absolute Gasteiger partial charge is 0.314 e. The fourth-order valence-electron chi connectivity index (χ4n) is 2.03. The van der Waals surface area contributed by atoms with Crippen LogP contribution in [-0.2, 0) is 22.9 Å². The molecule has 18 heavy (non-hydrogen) atoms. The molecule has 5 nitrogen and oxygen atoms in total. The molecule has 0 saturated carbocycles. The Morgan fingerprint density at radius 2 is 1.94 bits per heavy atom. The lowest BCUT2D eigenvalue weighted by atomic mass is 10.3. The first kappa shape index (κ1) is 13.5. The summed E-state index contributed by atoms with van der Waals surface area (Å²) in [4.78, 5) is 6.68. The molecule has 0 unspecified atom stereocenters. The van der Waals surface area contributed by atoms with Gasteiger partial charge in [0.25, 0.3) is 0 Å². The van der Waals surface area contributed by atoms with Crippen molar-refractivity contribution in [1.29, 1.82) is 0 Å². The first-order chi connectivity index (χ1) is 8.59. The lowest BCUT2D eigenvalue weighted by molar-refractivity contribution is 0.284. The van der Waals surface area contributed by atoms with Gasteiger partial charge in [-0.3, -0.25) is 9.88 Å². The second kappa shape index (κ2) is 5.77. The summed E-state index contributed by atoms with van der Waals surface area (Å²) >= 11 is 0. The minimum absolute atomic E-state index is 0.267. The highest BCUT2D eigenvalue weighted by atomic mass is 32.2. The van der Waals surface area contributed by atoms with Gasteiger partial charge in [0.15, 0.2) is 9.84 Å². The van der Waals surface area contributed by atoms with Crippen LogP contribution in [0.4, 0.5) is 0 Å². The first-order valence-electron chi connectivity index (χ1n) is 6.11. The van der Waals surface area contributed by atoms with E-state index in [1.807, 2.05) is 25.2 Å². The van der Waals surface area contributed by atoms with Crippen LogP contribution in [0.3, 0.4) is 0 Å². The maximum absolute atomic E-state index is 11.3. The zero-order valence-corrected chi connectivity index (χ0v) is 11.4. The van der Waals surface area contributed by atoms with E-state index < -0.39 is 9.84 Å². The summed E-state index contributed by atoms with van der Waals surface area (Å²) < 4.78 is 22.7. The van der Waals surface area contributed by atoms with E-state index in [2.05, 4.69) is 15.2 Å². The van der Waals surface area contributed by atoms with Crippen molar-refractivity contribution in [3.05, 3.63) is 29.6 Å². The zero-order valence-electron chi connectivity index (χ0n) is 10.6. The average molecular weight is 269 g/mol. The molecule has 1 aliphatic heterocycles. The maximum atomic E-state index is 11.3. The first-order valence-corrected chi connectivity index (χ1v) is 7.93. The van der Waals surface area contributed by atoms with Crippen molar-refractivity contribution in [2.75, 3.05) is 31.6 Å². The lowest BCUT2D eigenvalue weighted by Gasteiger charge is -2.26. The lowest BCUT2D eigenvalue weighted by Crippen LogP contribution is -2.39. The van der Waals surface area contributed by atoms with Gasteiger partial charge in [0.05, 0.1) is 22.9 Å². The van der Waals surface area contributed by atoms with Crippen LogP contribution in [0.2, 0.25) is 0 Å².